The zero-order valence-corrected chi connectivity index (χ0v) is 12.1. The van der Waals surface area contributed by atoms with E-state index in [0.717, 1.165) is 5.46 Å². The van der Waals surface area contributed by atoms with Crippen molar-refractivity contribution in [2.45, 2.75) is 0 Å². The van der Waals surface area contributed by atoms with Crippen LogP contribution in [0.2, 0.25) is 0 Å². The van der Waals surface area contributed by atoms with Gasteiger partial charge < -0.3 is 9.14 Å². The second-order valence-electron chi connectivity index (χ2n) is 5.31. The van der Waals surface area contributed by atoms with Crippen molar-refractivity contribution in [2.75, 3.05) is 0 Å². The smallest absolute Gasteiger partial charge is 0.462 e. The van der Waals surface area contributed by atoms with E-state index in [1.165, 1.54) is 32.3 Å². The van der Waals surface area contributed by atoms with Gasteiger partial charge in [-0.05, 0) is 37.8 Å². The standard InChI is InChI=1S/C16H13B3O2/c17-20-19(21-18)14-9-7-12-5-4-10-2-1-3-11-6-8-13(14)16(12)15(10)11/h1-9H,17-18H2. The first-order chi connectivity index (χ1) is 10.3. The van der Waals surface area contributed by atoms with Gasteiger partial charge in [0.15, 0.2) is 0 Å². The molecule has 0 saturated heterocycles. The van der Waals surface area contributed by atoms with Crippen molar-refractivity contribution in [3.05, 3.63) is 54.6 Å². The lowest BCUT2D eigenvalue weighted by Crippen LogP contribution is -2.36. The van der Waals surface area contributed by atoms with Crippen molar-refractivity contribution in [2.24, 2.45) is 0 Å². The predicted octanol–water partition coefficient (Wildman–Crippen LogP) is 1.41. The molecule has 0 spiro atoms. The molecule has 4 aromatic carbocycles. The highest BCUT2D eigenvalue weighted by molar-refractivity contribution is 6.69. The zero-order valence-electron chi connectivity index (χ0n) is 12.1. The minimum Gasteiger partial charge on any atom is -0.477 e. The van der Waals surface area contributed by atoms with Crippen molar-refractivity contribution in [1.82, 2.24) is 0 Å². The van der Waals surface area contributed by atoms with Gasteiger partial charge in [0.1, 0.15) is 0 Å². The predicted molar refractivity (Wildman–Crippen MR) is 94.8 cm³/mol. The Labute approximate surface area is 125 Å². The lowest BCUT2D eigenvalue weighted by atomic mass is 9.73. The number of hydrogen-bond acceptors (Lipinski definition) is 2. The minimum atomic E-state index is -0.338. The van der Waals surface area contributed by atoms with E-state index in [4.69, 9.17) is 9.14 Å². The summed E-state index contributed by atoms with van der Waals surface area (Å²) in [6.07, 6.45) is 0. The second kappa shape index (κ2) is 4.80. The highest BCUT2D eigenvalue weighted by Crippen LogP contribution is 2.33. The quantitative estimate of drug-likeness (QED) is 0.414. The summed E-state index contributed by atoms with van der Waals surface area (Å²) in [4.78, 5) is 0. The van der Waals surface area contributed by atoms with Crippen molar-refractivity contribution >= 4 is 61.0 Å². The van der Waals surface area contributed by atoms with Crippen molar-refractivity contribution in [1.29, 1.82) is 0 Å². The second-order valence-corrected chi connectivity index (χ2v) is 5.31. The maximum atomic E-state index is 5.45. The number of hydrogen-bond donors (Lipinski definition) is 0. The Morgan fingerprint density at radius 2 is 1.24 bits per heavy atom. The molecule has 0 aliphatic rings. The first-order valence-corrected chi connectivity index (χ1v) is 7.05. The van der Waals surface area contributed by atoms with Crippen molar-refractivity contribution in [3.63, 3.8) is 0 Å². The van der Waals surface area contributed by atoms with Crippen LogP contribution in [0, 0.1) is 0 Å². The topological polar surface area (TPSA) is 18.5 Å². The molecule has 21 heavy (non-hydrogen) atoms. The minimum absolute atomic E-state index is 0.338. The summed E-state index contributed by atoms with van der Waals surface area (Å²) in [6.45, 7) is 0. The molecule has 0 unspecified atom stereocenters. The molecule has 0 aliphatic carbocycles. The zero-order chi connectivity index (χ0) is 14.4. The molecule has 98 valence electrons. The van der Waals surface area contributed by atoms with Crippen LogP contribution < -0.4 is 5.46 Å². The first-order valence-electron chi connectivity index (χ1n) is 7.05. The molecule has 0 atom stereocenters. The molecule has 0 bridgehead atoms. The van der Waals surface area contributed by atoms with Crippen LogP contribution >= 0.6 is 0 Å². The van der Waals surface area contributed by atoms with Gasteiger partial charge in [-0.15, -0.1) is 0 Å². The fraction of sp³-hybridized carbons (Fsp3) is 0. The van der Waals surface area contributed by atoms with E-state index in [1.54, 1.807) is 16.1 Å². The van der Waals surface area contributed by atoms with Crippen LogP contribution in [-0.4, -0.2) is 23.2 Å². The molecule has 0 N–H and O–H groups in total. The lowest BCUT2D eigenvalue weighted by Gasteiger charge is -2.16. The summed E-state index contributed by atoms with van der Waals surface area (Å²) >= 11 is 0. The number of rotatable bonds is 3. The summed E-state index contributed by atoms with van der Waals surface area (Å²) in [5.74, 6) is 0. The van der Waals surface area contributed by atoms with Crippen LogP contribution in [-0.2, 0) is 9.14 Å². The van der Waals surface area contributed by atoms with Crippen molar-refractivity contribution < 1.29 is 9.14 Å². The monoisotopic (exact) mass is 270 g/mol. The number of benzene rings is 4. The molecule has 0 aromatic heterocycles. The Bertz CT molecular complexity index is 919. The lowest BCUT2D eigenvalue weighted by molar-refractivity contribution is 0.491. The van der Waals surface area contributed by atoms with E-state index in [0.29, 0.717) is 0 Å². The van der Waals surface area contributed by atoms with Crippen LogP contribution in [0.4, 0.5) is 0 Å². The van der Waals surface area contributed by atoms with Gasteiger partial charge in [-0.25, -0.2) is 0 Å². The maximum Gasteiger partial charge on any atom is 0.462 e. The summed E-state index contributed by atoms with van der Waals surface area (Å²) in [5, 5.41) is 7.61. The fourth-order valence-electron chi connectivity index (χ4n) is 3.31. The molecule has 0 fully saturated rings. The van der Waals surface area contributed by atoms with Gasteiger partial charge in [0.25, 0.3) is 0 Å². The Balaban J connectivity index is 2.20. The molecular weight excluding hydrogens is 257 g/mol. The van der Waals surface area contributed by atoms with E-state index >= 15 is 0 Å². The van der Waals surface area contributed by atoms with Gasteiger partial charge in [0, 0.05) is 0 Å². The highest BCUT2D eigenvalue weighted by atomic mass is 16.5. The van der Waals surface area contributed by atoms with E-state index in [-0.39, 0.29) is 7.12 Å². The van der Waals surface area contributed by atoms with Crippen LogP contribution in [0.15, 0.2) is 54.6 Å². The van der Waals surface area contributed by atoms with Crippen molar-refractivity contribution in [3.8, 4) is 0 Å². The molecule has 4 rings (SSSR count). The van der Waals surface area contributed by atoms with Gasteiger partial charge in [-0.3, -0.25) is 0 Å². The normalized spacial score (nSPS) is 11.6. The Hall–Kier alpha value is -1.97. The van der Waals surface area contributed by atoms with Crippen LogP contribution in [0.5, 0.6) is 0 Å². The molecule has 0 heterocycles. The highest BCUT2D eigenvalue weighted by Gasteiger charge is 2.21. The third kappa shape index (κ3) is 1.78. The fourth-order valence-corrected chi connectivity index (χ4v) is 3.31. The summed E-state index contributed by atoms with van der Waals surface area (Å²) in [5.41, 5.74) is 1.07. The molecule has 5 heteroatoms. The molecule has 0 aliphatic heterocycles. The Morgan fingerprint density at radius 1 is 0.667 bits per heavy atom. The SMILES string of the molecule is BOB(OB)c1ccc2ccc3cccc4ccc1c2c34. The van der Waals surface area contributed by atoms with Crippen LogP contribution in [0.1, 0.15) is 0 Å². The van der Waals surface area contributed by atoms with E-state index in [1.807, 2.05) is 0 Å². The summed E-state index contributed by atoms with van der Waals surface area (Å²) in [6, 6.07) is 19.4. The average Bonchev–Trinajstić information content (AvgIpc) is 2.55. The molecule has 2 nitrogen and oxygen atoms in total. The van der Waals surface area contributed by atoms with Crippen LogP contribution in [0.3, 0.4) is 0 Å². The van der Waals surface area contributed by atoms with Crippen LogP contribution in [0.25, 0.3) is 32.3 Å². The molecule has 0 saturated carbocycles. The summed E-state index contributed by atoms with van der Waals surface area (Å²) < 4.78 is 10.9. The Kier molecular flexibility index (Phi) is 2.91. The van der Waals surface area contributed by atoms with E-state index < -0.39 is 0 Å². The van der Waals surface area contributed by atoms with Gasteiger partial charge in [0.2, 0.25) is 16.1 Å². The van der Waals surface area contributed by atoms with Gasteiger partial charge in [-0.1, -0.05) is 54.6 Å². The molecule has 0 amide bonds. The molecule has 0 radical (unpaired) electrons. The van der Waals surface area contributed by atoms with E-state index in [2.05, 4.69) is 54.6 Å². The summed E-state index contributed by atoms with van der Waals surface area (Å²) in [7, 11) is 3.01. The molecule has 4 aromatic rings. The largest absolute Gasteiger partial charge is 0.477 e. The van der Waals surface area contributed by atoms with Gasteiger partial charge in [0.05, 0.1) is 0 Å². The van der Waals surface area contributed by atoms with E-state index in [9.17, 15) is 0 Å². The Morgan fingerprint density at radius 3 is 1.90 bits per heavy atom. The third-order valence-electron chi connectivity index (χ3n) is 4.24. The maximum absolute atomic E-state index is 5.45. The third-order valence-corrected chi connectivity index (χ3v) is 4.24. The molecular formula is C16H13B3O2. The average molecular weight is 270 g/mol. The van der Waals surface area contributed by atoms with Gasteiger partial charge >= 0.3 is 7.12 Å². The van der Waals surface area contributed by atoms with Gasteiger partial charge in [-0.2, -0.15) is 0 Å². The first kappa shape index (κ1) is 12.8.